The number of carbonyl (C=O) groups excluding carboxylic acids is 3. The molecule has 0 saturated heterocycles. The van der Waals surface area contributed by atoms with Crippen molar-refractivity contribution in [3.8, 4) is 11.5 Å². The molecule has 0 saturated carbocycles. The molecule has 0 radical (unpaired) electrons. The van der Waals surface area contributed by atoms with Crippen molar-refractivity contribution in [3.63, 3.8) is 0 Å². The molecule has 9 nitrogen and oxygen atoms in total. The van der Waals surface area contributed by atoms with Crippen LogP contribution in [-0.4, -0.2) is 54.0 Å². The third-order valence-corrected chi connectivity index (χ3v) is 5.65. The van der Waals surface area contributed by atoms with Gasteiger partial charge in [-0.2, -0.15) is 0 Å². The fourth-order valence-corrected chi connectivity index (χ4v) is 3.68. The molecule has 2 atom stereocenters. The summed E-state index contributed by atoms with van der Waals surface area (Å²) in [6.07, 6.45) is -0.680. The molecule has 0 fully saturated rings. The van der Waals surface area contributed by atoms with Crippen LogP contribution in [0.1, 0.15) is 20.3 Å². The van der Waals surface area contributed by atoms with E-state index in [4.69, 9.17) is 9.47 Å². The van der Waals surface area contributed by atoms with E-state index in [9.17, 15) is 28.7 Å². The van der Waals surface area contributed by atoms with Gasteiger partial charge in [-0.05, 0) is 41.6 Å². The molecular formula is C28H29FN2O7. The quantitative estimate of drug-likeness (QED) is 0.313. The summed E-state index contributed by atoms with van der Waals surface area (Å²) in [5.41, 5.74) is 0. The molecule has 10 heteroatoms. The second-order valence-electron chi connectivity index (χ2n) is 8.92. The zero-order chi connectivity index (χ0) is 27.7. The molecule has 0 bridgehead atoms. The van der Waals surface area contributed by atoms with E-state index in [0.29, 0.717) is 5.75 Å². The Bertz CT molecular complexity index is 1290. The van der Waals surface area contributed by atoms with E-state index in [1.54, 1.807) is 26.0 Å². The van der Waals surface area contributed by atoms with Crippen LogP contribution < -0.4 is 20.1 Å². The average molecular weight is 525 g/mol. The minimum absolute atomic E-state index is 0.207. The monoisotopic (exact) mass is 524 g/mol. The van der Waals surface area contributed by atoms with Gasteiger partial charge >= 0.3 is 5.97 Å². The third kappa shape index (κ3) is 8.02. The van der Waals surface area contributed by atoms with Crippen molar-refractivity contribution in [1.29, 1.82) is 0 Å². The van der Waals surface area contributed by atoms with Crippen LogP contribution in [0.25, 0.3) is 10.8 Å². The maximum absolute atomic E-state index is 13.1. The Labute approximate surface area is 218 Å². The van der Waals surface area contributed by atoms with E-state index in [2.05, 4.69) is 10.6 Å². The zero-order valence-electron chi connectivity index (χ0n) is 21.0. The SMILES string of the molecule is CC(C)[C@H](NC(=O)COc1cccc2ccccc12)C(=O)N[C@@H](CC(=O)O)C(=O)COc1ccc(F)cc1. The number of carbonyl (C=O) groups is 4. The Hall–Kier alpha value is -4.47. The largest absolute Gasteiger partial charge is 0.486 e. The minimum Gasteiger partial charge on any atom is -0.486 e. The molecule has 200 valence electrons. The van der Waals surface area contributed by atoms with E-state index < -0.39 is 54.5 Å². The Morgan fingerprint density at radius 2 is 1.55 bits per heavy atom. The summed E-state index contributed by atoms with van der Waals surface area (Å²) in [6, 6.07) is 15.5. The number of nitrogens with one attached hydrogen (secondary N) is 2. The number of fused-ring (bicyclic) bond motifs is 1. The van der Waals surface area contributed by atoms with E-state index in [1.807, 2.05) is 30.3 Å². The van der Waals surface area contributed by atoms with Crippen LogP contribution in [-0.2, 0) is 19.2 Å². The van der Waals surface area contributed by atoms with Crippen LogP contribution in [0.4, 0.5) is 4.39 Å². The van der Waals surface area contributed by atoms with Crippen molar-refractivity contribution >= 4 is 34.3 Å². The summed E-state index contributed by atoms with van der Waals surface area (Å²) < 4.78 is 24.0. The van der Waals surface area contributed by atoms with Gasteiger partial charge in [0.15, 0.2) is 12.4 Å². The minimum atomic E-state index is -1.40. The first-order valence-electron chi connectivity index (χ1n) is 12.0. The molecule has 0 spiro atoms. The third-order valence-electron chi connectivity index (χ3n) is 5.65. The highest BCUT2D eigenvalue weighted by atomic mass is 19.1. The molecular weight excluding hydrogens is 495 g/mol. The second-order valence-corrected chi connectivity index (χ2v) is 8.92. The molecule has 0 aliphatic rings. The maximum Gasteiger partial charge on any atom is 0.305 e. The lowest BCUT2D eigenvalue weighted by Gasteiger charge is -2.24. The van der Waals surface area contributed by atoms with Gasteiger partial charge in [-0.3, -0.25) is 19.2 Å². The Morgan fingerprint density at radius 3 is 2.24 bits per heavy atom. The molecule has 3 aromatic carbocycles. The summed E-state index contributed by atoms with van der Waals surface area (Å²) in [4.78, 5) is 49.6. The molecule has 0 aliphatic carbocycles. The molecule has 0 aromatic heterocycles. The highest BCUT2D eigenvalue weighted by Gasteiger charge is 2.30. The number of rotatable bonds is 13. The van der Waals surface area contributed by atoms with Gasteiger partial charge in [-0.15, -0.1) is 0 Å². The van der Waals surface area contributed by atoms with Crippen molar-refractivity contribution in [2.75, 3.05) is 13.2 Å². The summed E-state index contributed by atoms with van der Waals surface area (Å²) in [5, 5.41) is 16.0. The first-order valence-corrected chi connectivity index (χ1v) is 12.0. The molecule has 38 heavy (non-hydrogen) atoms. The number of hydrogen-bond donors (Lipinski definition) is 3. The topological polar surface area (TPSA) is 131 Å². The lowest BCUT2D eigenvalue weighted by atomic mass is 10.0. The standard InChI is InChI=1S/C28H29FN2O7/c1-17(2)27(31-25(33)16-38-24-9-5-7-18-6-3-4-8-21(18)24)28(36)30-22(14-26(34)35)23(32)15-37-20-12-10-19(29)11-13-20/h3-13,17,22,27H,14-16H2,1-2H3,(H,30,36)(H,31,33)(H,34,35)/t22-,27-/m0/s1. The lowest BCUT2D eigenvalue weighted by Crippen LogP contribution is -2.55. The van der Waals surface area contributed by atoms with E-state index in [0.717, 1.165) is 22.9 Å². The van der Waals surface area contributed by atoms with Gasteiger partial charge in [0.25, 0.3) is 5.91 Å². The number of halogens is 1. The fourth-order valence-electron chi connectivity index (χ4n) is 3.68. The number of Topliss-reactive ketones (excluding diaryl/α,β-unsaturated/α-hetero) is 1. The van der Waals surface area contributed by atoms with E-state index in [-0.39, 0.29) is 18.3 Å². The predicted octanol–water partition coefficient (Wildman–Crippen LogP) is 3.11. The number of hydrogen-bond acceptors (Lipinski definition) is 6. The van der Waals surface area contributed by atoms with Gasteiger partial charge in [0.1, 0.15) is 36.0 Å². The Balaban J connectivity index is 1.61. The van der Waals surface area contributed by atoms with E-state index >= 15 is 0 Å². The van der Waals surface area contributed by atoms with Crippen molar-refractivity contribution in [2.45, 2.75) is 32.4 Å². The number of ether oxygens (including phenoxy) is 2. The summed E-state index contributed by atoms with van der Waals surface area (Å²) in [5.74, 6) is -3.43. The molecule has 0 unspecified atom stereocenters. The Morgan fingerprint density at radius 1 is 0.868 bits per heavy atom. The van der Waals surface area contributed by atoms with Crippen LogP contribution in [0.5, 0.6) is 11.5 Å². The lowest BCUT2D eigenvalue weighted by molar-refractivity contribution is -0.141. The van der Waals surface area contributed by atoms with Gasteiger partial charge in [0.2, 0.25) is 5.91 Å². The average Bonchev–Trinajstić information content (AvgIpc) is 2.89. The molecule has 0 aliphatic heterocycles. The molecule has 3 N–H and O–H groups in total. The predicted molar refractivity (Wildman–Crippen MR) is 137 cm³/mol. The summed E-state index contributed by atoms with van der Waals surface area (Å²) >= 11 is 0. The number of benzene rings is 3. The van der Waals surface area contributed by atoms with Gasteiger partial charge < -0.3 is 25.2 Å². The van der Waals surface area contributed by atoms with Crippen LogP contribution in [0.2, 0.25) is 0 Å². The number of aliphatic carboxylic acids is 1. The Kier molecular flexibility index (Phi) is 9.75. The molecule has 0 heterocycles. The van der Waals surface area contributed by atoms with Gasteiger partial charge in [0, 0.05) is 5.39 Å². The number of carboxylic acids is 1. The first kappa shape index (κ1) is 28.1. The van der Waals surface area contributed by atoms with Gasteiger partial charge in [0.05, 0.1) is 6.42 Å². The smallest absolute Gasteiger partial charge is 0.305 e. The van der Waals surface area contributed by atoms with Crippen molar-refractivity contribution in [2.24, 2.45) is 5.92 Å². The van der Waals surface area contributed by atoms with Crippen LogP contribution in [0.15, 0.2) is 66.7 Å². The van der Waals surface area contributed by atoms with Gasteiger partial charge in [-0.25, -0.2) is 4.39 Å². The molecule has 3 rings (SSSR count). The summed E-state index contributed by atoms with van der Waals surface area (Å²) in [7, 11) is 0. The zero-order valence-corrected chi connectivity index (χ0v) is 21.0. The highest BCUT2D eigenvalue weighted by Crippen LogP contribution is 2.25. The summed E-state index contributed by atoms with van der Waals surface area (Å²) in [6.45, 7) is 2.50. The number of ketones is 1. The molecule has 3 aromatic rings. The highest BCUT2D eigenvalue weighted by molar-refractivity contribution is 5.95. The number of carboxylic acid groups (broad SMARTS) is 1. The maximum atomic E-state index is 13.1. The van der Waals surface area contributed by atoms with Crippen molar-refractivity contribution in [1.82, 2.24) is 10.6 Å². The first-order chi connectivity index (χ1) is 18.1. The second kappa shape index (κ2) is 13.2. The van der Waals surface area contributed by atoms with Gasteiger partial charge in [-0.1, -0.05) is 50.2 Å². The van der Waals surface area contributed by atoms with Crippen LogP contribution >= 0.6 is 0 Å². The van der Waals surface area contributed by atoms with Crippen LogP contribution in [0, 0.1) is 11.7 Å². The normalized spacial score (nSPS) is 12.4. The molecule has 2 amide bonds. The van der Waals surface area contributed by atoms with E-state index in [1.165, 1.54) is 12.1 Å². The van der Waals surface area contributed by atoms with Crippen LogP contribution in [0.3, 0.4) is 0 Å². The fraction of sp³-hybridized carbons (Fsp3) is 0.286. The number of amides is 2. The van der Waals surface area contributed by atoms with Crippen molar-refractivity contribution in [3.05, 3.63) is 72.5 Å². The van der Waals surface area contributed by atoms with Crippen molar-refractivity contribution < 1.29 is 38.1 Å².